The molecule has 0 aliphatic heterocycles. The van der Waals surface area contributed by atoms with Crippen molar-refractivity contribution in [2.45, 2.75) is 32.9 Å². The topological polar surface area (TPSA) is 61.4 Å². The summed E-state index contributed by atoms with van der Waals surface area (Å²) < 4.78 is 13.3. The van der Waals surface area contributed by atoms with Gasteiger partial charge in [-0.1, -0.05) is 25.1 Å². The van der Waals surface area contributed by atoms with Gasteiger partial charge in [0.1, 0.15) is 5.82 Å². The lowest BCUT2D eigenvalue weighted by molar-refractivity contribution is -0.125. The summed E-state index contributed by atoms with van der Waals surface area (Å²) in [6.07, 6.45) is 0. The summed E-state index contributed by atoms with van der Waals surface area (Å²) >= 11 is 1.53. The molecule has 0 saturated heterocycles. The van der Waals surface area contributed by atoms with Crippen molar-refractivity contribution in [3.05, 3.63) is 58.0 Å². The monoisotopic (exact) mass is 391 g/mol. The van der Waals surface area contributed by atoms with E-state index in [4.69, 9.17) is 0 Å². The molecule has 2 aromatic rings. The number of thiophene rings is 1. The van der Waals surface area contributed by atoms with E-state index in [1.54, 1.807) is 17.0 Å². The number of benzene rings is 1. The van der Waals surface area contributed by atoms with Gasteiger partial charge in [0.15, 0.2) is 0 Å². The van der Waals surface area contributed by atoms with Gasteiger partial charge in [-0.2, -0.15) is 0 Å². The molecule has 7 heteroatoms. The molecule has 0 unspecified atom stereocenters. The first kappa shape index (κ1) is 21.1. The number of hydrogen-bond acceptors (Lipinski definition) is 4. The van der Waals surface area contributed by atoms with Crippen LogP contribution in [0, 0.1) is 5.82 Å². The average molecular weight is 392 g/mol. The van der Waals surface area contributed by atoms with Crippen molar-refractivity contribution in [3.8, 4) is 0 Å². The highest BCUT2D eigenvalue weighted by Crippen LogP contribution is 2.26. The van der Waals surface area contributed by atoms with Crippen molar-refractivity contribution in [3.63, 3.8) is 0 Å². The van der Waals surface area contributed by atoms with E-state index in [0.29, 0.717) is 6.54 Å². The van der Waals surface area contributed by atoms with Gasteiger partial charge in [0.2, 0.25) is 11.8 Å². The molecular formula is C20H26FN3O2S. The van der Waals surface area contributed by atoms with Crippen molar-refractivity contribution in [1.29, 1.82) is 0 Å². The van der Waals surface area contributed by atoms with E-state index < -0.39 is 0 Å². The number of nitrogens with one attached hydrogen (secondary N) is 2. The molecule has 1 atom stereocenters. The predicted octanol–water partition coefficient (Wildman–Crippen LogP) is 2.94. The Labute approximate surface area is 163 Å². The van der Waals surface area contributed by atoms with Crippen LogP contribution in [-0.4, -0.2) is 42.4 Å². The Balaban J connectivity index is 2.04. The maximum atomic E-state index is 13.3. The molecule has 1 aromatic heterocycles. The lowest BCUT2D eigenvalue weighted by Gasteiger charge is -2.23. The summed E-state index contributed by atoms with van der Waals surface area (Å²) in [5.41, 5.74) is 0.813. The summed E-state index contributed by atoms with van der Waals surface area (Å²) in [4.78, 5) is 27.3. The number of amides is 2. The molecule has 1 aromatic carbocycles. The number of hydrogen-bond donors (Lipinski definition) is 2. The first-order chi connectivity index (χ1) is 12.9. The molecule has 27 heavy (non-hydrogen) atoms. The molecule has 0 aliphatic rings. The van der Waals surface area contributed by atoms with Crippen LogP contribution in [0.3, 0.4) is 0 Å². The van der Waals surface area contributed by atoms with E-state index in [1.807, 2.05) is 38.3 Å². The molecule has 5 nitrogen and oxygen atoms in total. The highest BCUT2D eigenvalue weighted by atomic mass is 32.1. The van der Waals surface area contributed by atoms with Gasteiger partial charge in [0.05, 0.1) is 19.1 Å². The largest absolute Gasteiger partial charge is 0.353 e. The highest BCUT2D eigenvalue weighted by Gasteiger charge is 2.20. The molecule has 0 bridgehead atoms. The van der Waals surface area contributed by atoms with E-state index >= 15 is 0 Å². The Kier molecular flexibility index (Phi) is 7.94. The van der Waals surface area contributed by atoms with Gasteiger partial charge in [0.25, 0.3) is 0 Å². The Morgan fingerprint density at radius 2 is 1.70 bits per heavy atom. The number of nitrogens with zero attached hydrogens (tertiary/aromatic N) is 1. The van der Waals surface area contributed by atoms with Gasteiger partial charge in [-0.15, -0.1) is 11.3 Å². The van der Waals surface area contributed by atoms with Crippen LogP contribution < -0.4 is 10.6 Å². The highest BCUT2D eigenvalue weighted by molar-refractivity contribution is 7.10. The van der Waals surface area contributed by atoms with Crippen LogP contribution in [0.1, 0.15) is 37.3 Å². The van der Waals surface area contributed by atoms with Crippen LogP contribution in [0.5, 0.6) is 0 Å². The Bertz CT molecular complexity index is 732. The van der Waals surface area contributed by atoms with Crippen molar-refractivity contribution in [2.75, 3.05) is 19.6 Å². The maximum Gasteiger partial charge on any atom is 0.234 e. The van der Waals surface area contributed by atoms with Crippen molar-refractivity contribution in [2.24, 2.45) is 0 Å². The zero-order chi connectivity index (χ0) is 19.8. The first-order valence-corrected chi connectivity index (χ1v) is 9.87. The minimum absolute atomic E-state index is 0.0618. The van der Waals surface area contributed by atoms with E-state index in [9.17, 15) is 14.0 Å². The molecule has 2 amide bonds. The second-order valence-electron chi connectivity index (χ2n) is 6.59. The molecule has 0 aliphatic carbocycles. The van der Waals surface area contributed by atoms with E-state index in [1.165, 1.54) is 23.5 Å². The number of halogens is 1. The molecule has 0 radical (unpaired) electrons. The van der Waals surface area contributed by atoms with Gasteiger partial charge < -0.3 is 10.6 Å². The fraction of sp³-hybridized carbons (Fsp3) is 0.400. The number of rotatable bonds is 9. The quantitative estimate of drug-likeness (QED) is 0.691. The summed E-state index contributed by atoms with van der Waals surface area (Å²) in [6, 6.07) is 9.69. The standard InChI is InChI=1S/C20H26FN3O2S/c1-4-24(12-18(25)22-14(2)3)13-19(26)23-20(17-6-5-11-27-17)15-7-9-16(21)10-8-15/h5-11,14,20H,4,12-13H2,1-3H3,(H,22,25)(H,23,26)/t20-/m0/s1. The molecule has 1 heterocycles. The molecule has 2 N–H and O–H groups in total. The van der Waals surface area contributed by atoms with E-state index in [2.05, 4.69) is 10.6 Å². The van der Waals surface area contributed by atoms with Gasteiger partial charge in [-0.05, 0) is 49.5 Å². The fourth-order valence-corrected chi connectivity index (χ4v) is 3.49. The zero-order valence-corrected chi connectivity index (χ0v) is 16.7. The number of likely N-dealkylation sites (N-methyl/N-ethyl adjacent to an activating group) is 1. The summed E-state index contributed by atoms with van der Waals surface area (Å²) in [7, 11) is 0. The molecule has 0 fully saturated rings. The Hall–Kier alpha value is -2.25. The van der Waals surface area contributed by atoms with Gasteiger partial charge in [-0.3, -0.25) is 14.5 Å². The first-order valence-electron chi connectivity index (χ1n) is 8.99. The van der Waals surface area contributed by atoms with Crippen molar-refractivity contribution < 1.29 is 14.0 Å². The second-order valence-corrected chi connectivity index (χ2v) is 7.57. The van der Waals surface area contributed by atoms with Crippen LogP contribution >= 0.6 is 11.3 Å². The second kappa shape index (κ2) is 10.2. The third-order valence-corrected chi connectivity index (χ3v) is 4.90. The fourth-order valence-electron chi connectivity index (χ4n) is 2.69. The van der Waals surface area contributed by atoms with Gasteiger partial charge in [-0.25, -0.2) is 4.39 Å². The van der Waals surface area contributed by atoms with Crippen LogP contribution in [-0.2, 0) is 9.59 Å². The molecular weight excluding hydrogens is 365 g/mol. The third-order valence-electron chi connectivity index (χ3n) is 3.97. The SMILES string of the molecule is CCN(CC(=O)NC(C)C)CC(=O)N[C@@H](c1ccc(F)cc1)c1cccs1. The minimum atomic E-state index is -0.346. The van der Waals surface area contributed by atoms with Gasteiger partial charge >= 0.3 is 0 Å². The third kappa shape index (κ3) is 6.77. The van der Waals surface area contributed by atoms with Crippen LogP contribution in [0.25, 0.3) is 0 Å². The van der Waals surface area contributed by atoms with Crippen molar-refractivity contribution >= 4 is 23.2 Å². The normalized spacial score (nSPS) is 12.2. The van der Waals surface area contributed by atoms with Gasteiger partial charge in [0, 0.05) is 10.9 Å². The lowest BCUT2D eigenvalue weighted by atomic mass is 10.1. The summed E-state index contributed by atoms with van der Waals surface area (Å²) in [6.45, 7) is 6.57. The smallest absolute Gasteiger partial charge is 0.234 e. The molecule has 2 rings (SSSR count). The minimum Gasteiger partial charge on any atom is -0.353 e. The van der Waals surface area contributed by atoms with Crippen LogP contribution in [0.15, 0.2) is 41.8 Å². The summed E-state index contributed by atoms with van der Waals surface area (Å²) in [5, 5.41) is 7.78. The molecule has 0 saturated carbocycles. The average Bonchev–Trinajstić information content (AvgIpc) is 3.13. The van der Waals surface area contributed by atoms with E-state index in [0.717, 1.165) is 10.4 Å². The van der Waals surface area contributed by atoms with E-state index in [-0.39, 0.29) is 42.8 Å². The summed E-state index contributed by atoms with van der Waals surface area (Å²) in [5.74, 6) is -0.603. The predicted molar refractivity (Wildman–Crippen MR) is 106 cm³/mol. The lowest BCUT2D eigenvalue weighted by Crippen LogP contribution is -2.44. The molecule has 0 spiro atoms. The number of carbonyl (C=O) groups excluding carboxylic acids is 2. The Morgan fingerprint density at radius 1 is 1.07 bits per heavy atom. The van der Waals surface area contributed by atoms with Crippen LogP contribution in [0.2, 0.25) is 0 Å². The molecule has 146 valence electrons. The zero-order valence-electron chi connectivity index (χ0n) is 15.9. The number of carbonyl (C=O) groups is 2. The van der Waals surface area contributed by atoms with Crippen molar-refractivity contribution in [1.82, 2.24) is 15.5 Å². The Morgan fingerprint density at radius 3 is 2.22 bits per heavy atom. The maximum absolute atomic E-state index is 13.3. The van der Waals surface area contributed by atoms with Crippen LogP contribution in [0.4, 0.5) is 4.39 Å².